The van der Waals surface area contributed by atoms with Crippen LogP contribution in [0.25, 0.3) is 0 Å². The Morgan fingerprint density at radius 2 is 1.77 bits per heavy atom. The number of amides is 1. The number of nitrogens with zero attached hydrogens (tertiary/aromatic N) is 5. The summed E-state index contributed by atoms with van der Waals surface area (Å²) in [7, 11) is -3.65. The van der Waals surface area contributed by atoms with Crippen LogP contribution in [-0.4, -0.2) is 53.4 Å². The zero-order valence-corrected chi connectivity index (χ0v) is 19.3. The maximum Gasteiger partial charge on any atom is 0.248 e. The fraction of sp³-hybridized carbons (Fsp3) is 0.619. The molecule has 1 saturated heterocycles. The number of aromatic nitrogens is 3. The Morgan fingerprint density at radius 3 is 2.39 bits per heavy atom. The summed E-state index contributed by atoms with van der Waals surface area (Å²) >= 11 is 0. The molecule has 10 heteroatoms. The van der Waals surface area contributed by atoms with E-state index in [-0.39, 0.29) is 16.7 Å². The Kier molecular flexibility index (Phi) is 5.87. The topological polar surface area (TPSA) is 110 Å². The summed E-state index contributed by atoms with van der Waals surface area (Å²) in [5.74, 6) is 1.93. The van der Waals surface area contributed by atoms with Crippen LogP contribution < -0.4 is 4.90 Å². The van der Waals surface area contributed by atoms with Crippen molar-refractivity contribution in [3.63, 3.8) is 0 Å². The molecule has 2 aliphatic heterocycles. The zero-order valence-electron chi connectivity index (χ0n) is 18.5. The Balaban J connectivity index is 1.56. The van der Waals surface area contributed by atoms with Crippen LogP contribution >= 0.6 is 0 Å². The van der Waals surface area contributed by atoms with Gasteiger partial charge in [0.2, 0.25) is 15.9 Å². The highest BCUT2D eigenvalue weighted by atomic mass is 32.2. The highest BCUT2D eigenvalue weighted by Gasteiger charge is 2.36. The van der Waals surface area contributed by atoms with Gasteiger partial charge in [-0.05, 0) is 46.5 Å². The second-order valence-electron chi connectivity index (χ2n) is 8.35. The summed E-state index contributed by atoms with van der Waals surface area (Å²) in [4.78, 5) is 24.0. The summed E-state index contributed by atoms with van der Waals surface area (Å²) in [5, 5.41) is 3.79. The molecule has 4 heterocycles. The van der Waals surface area contributed by atoms with Crippen molar-refractivity contribution in [2.75, 3.05) is 24.5 Å². The molecule has 2 aliphatic rings. The van der Waals surface area contributed by atoms with Gasteiger partial charge in [-0.15, -0.1) is 0 Å². The van der Waals surface area contributed by atoms with E-state index in [9.17, 15) is 13.2 Å². The molecule has 0 atom stereocenters. The van der Waals surface area contributed by atoms with Gasteiger partial charge in [-0.1, -0.05) is 12.1 Å². The molecule has 0 spiro atoms. The van der Waals surface area contributed by atoms with Gasteiger partial charge in [-0.25, -0.2) is 18.4 Å². The minimum atomic E-state index is -3.65. The van der Waals surface area contributed by atoms with Crippen molar-refractivity contribution in [1.29, 1.82) is 0 Å². The molecule has 0 aromatic carbocycles. The molecule has 4 rings (SSSR count). The van der Waals surface area contributed by atoms with Crippen LogP contribution in [0.2, 0.25) is 0 Å². The van der Waals surface area contributed by atoms with Crippen LogP contribution in [0.3, 0.4) is 0 Å². The summed E-state index contributed by atoms with van der Waals surface area (Å²) < 4.78 is 32.7. The second kappa shape index (κ2) is 8.31. The lowest BCUT2D eigenvalue weighted by Gasteiger charge is -2.32. The molecule has 0 unspecified atom stereocenters. The van der Waals surface area contributed by atoms with E-state index < -0.39 is 10.0 Å². The Morgan fingerprint density at radius 1 is 1.06 bits per heavy atom. The fourth-order valence-electron chi connectivity index (χ4n) is 4.57. The van der Waals surface area contributed by atoms with Crippen molar-refractivity contribution in [3.8, 4) is 0 Å². The predicted molar refractivity (Wildman–Crippen MR) is 114 cm³/mol. The molecule has 0 N–H and O–H groups in total. The fourth-order valence-corrected chi connectivity index (χ4v) is 6.33. The average Bonchev–Trinajstić information content (AvgIpc) is 3.09. The third kappa shape index (κ3) is 3.87. The second-order valence-corrected chi connectivity index (χ2v) is 10.2. The van der Waals surface area contributed by atoms with E-state index in [2.05, 4.69) is 5.16 Å². The van der Waals surface area contributed by atoms with Crippen molar-refractivity contribution >= 4 is 21.7 Å². The first-order valence-electron chi connectivity index (χ1n) is 10.8. The van der Waals surface area contributed by atoms with Crippen LogP contribution in [0.1, 0.15) is 67.1 Å². The Bertz CT molecular complexity index is 1080. The van der Waals surface area contributed by atoms with E-state index in [0.717, 1.165) is 23.5 Å². The summed E-state index contributed by atoms with van der Waals surface area (Å²) in [6.07, 6.45) is 3.29. The molecule has 2 aromatic rings. The lowest BCUT2D eigenvalue weighted by molar-refractivity contribution is -0.119. The van der Waals surface area contributed by atoms with Crippen molar-refractivity contribution < 1.29 is 17.7 Å². The first-order valence-corrected chi connectivity index (χ1v) is 12.3. The van der Waals surface area contributed by atoms with E-state index in [4.69, 9.17) is 14.5 Å². The minimum absolute atomic E-state index is 0.0561. The third-order valence-corrected chi connectivity index (χ3v) is 8.33. The summed E-state index contributed by atoms with van der Waals surface area (Å²) in [6, 6.07) is 0. The molecule has 168 valence electrons. The Labute approximate surface area is 182 Å². The van der Waals surface area contributed by atoms with Crippen LogP contribution in [0.4, 0.5) is 5.82 Å². The first kappa shape index (κ1) is 21.9. The van der Waals surface area contributed by atoms with Gasteiger partial charge in [0.25, 0.3) is 0 Å². The standard InChI is InChI=1S/C21H29N5O4S/c1-5-10-26-18(27)7-6-17-13(2)22-20(23-21(17)26)16-8-11-25(12-9-16)31(28,29)19-14(3)24-30-15(19)4/h16H,5-12H2,1-4H3. The van der Waals surface area contributed by atoms with Crippen molar-refractivity contribution in [2.24, 2.45) is 0 Å². The molecule has 0 radical (unpaired) electrons. The van der Waals surface area contributed by atoms with Crippen LogP contribution in [0.5, 0.6) is 0 Å². The molecule has 1 fully saturated rings. The molecule has 0 aliphatic carbocycles. The van der Waals surface area contributed by atoms with E-state index in [1.807, 2.05) is 13.8 Å². The molecular formula is C21H29N5O4S. The van der Waals surface area contributed by atoms with Crippen LogP contribution in [-0.2, 0) is 21.2 Å². The van der Waals surface area contributed by atoms with Gasteiger partial charge in [0.1, 0.15) is 22.2 Å². The lowest BCUT2D eigenvalue weighted by atomic mass is 9.96. The predicted octanol–water partition coefficient (Wildman–Crippen LogP) is 2.65. The normalized spacial score (nSPS) is 18.5. The van der Waals surface area contributed by atoms with E-state index >= 15 is 0 Å². The molecular weight excluding hydrogens is 418 g/mol. The van der Waals surface area contributed by atoms with E-state index in [0.29, 0.717) is 62.6 Å². The number of aryl methyl sites for hydroxylation is 3. The zero-order chi connectivity index (χ0) is 22.3. The number of carbonyl (C=O) groups is 1. The number of hydrogen-bond acceptors (Lipinski definition) is 7. The van der Waals surface area contributed by atoms with Crippen LogP contribution in [0.15, 0.2) is 9.42 Å². The van der Waals surface area contributed by atoms with Gasteiger partial charge in [-0.2, -0.15) is 4.31 Å². The largest absolute Gasteiger partial charge is 0.360 e. The molecule has 0 saturated carbocycles. The van der Waals surface area contributed by atoms with E-state index in [1.54, 1.807) is 18.7 Å². The van der Waals surface area contributed by atoms with Gasteiger partial charge in [0.05, 0.1) is 0 Å². The molecule has 9 nitrogen and oxygen atoms in total. The number of piperidine rings is 1. The van der Waals surface area contributed by atoms with Gasteiger partial charge < -0.3 is 4.52 Å². The summed E-state index contributed by atoms with van der Waals surface area (Å²) in [6.45, 7) is 8.70. The number of sulfonamides is 1. The summed E-state index contributed by atoms with van der Waals surface area (Å²) in [5.41, 5.74) is 2.35. The van der Waals surface area contributed by atoms with Gasteiger partial charge in [-0.3, -0.25) is 9.69 Å². The maximum atomic E-state index is 13.1. The Hall–Kier alpha value is -2.33. The molecule has 0 bridgehead atoms. The third-order valence-electron chi connectivity index (χ3n) is 6.19. The smallest absolute Gasteiger partial charge is 0.248 e. The number of carbonyl (C=O) groups excluding carboxylic acids is 1. The highest BCUT2D eigenvalue weighted by Crippen LogP contribution is 2.34. The highest BCUT2D eigenvalue weighted by molar-refractivity contribution is 7.89. The lowest BCUT2D eigenvalue weighted by Crippen LogP contribution is -2.39. The number of anilines is 1. The minimum Gasteiger partial charge on any atom is -0.360 e. The maximum absolute atomic E-state index is 13.1. The van der Waals surface area contributed by atoms with Gasteiger partial charge >= 0.3 is 0 Å². The molecule has 31 heavy (non-hydrogen) atoms. The number of fused-ring (bicyclic) bond motifs is 1. The number of hydrogen-bond donors (Lipinski definition) is 0. The van der Waals surface area contributed by atoms with E-state index in [1.165, 1.54) is 4.31 Å². The monoisotopic (exact) mass is 447 g/mol. The first-order chi connectivity index (χ1) is 14.7. The number of rotatable bonds is 5. The van der Waals surface area contributed by atoms with Gasteiger partial charge in [0.15, 0.2) is 5.76 Å². The quantitative estimate of drug-likeness (QED) is 0.693. The van der Waals surface area contributed by atoms with Crippen molar-refractivity contribution in [3.05, 3.63) is 28.5 Å². The molecule has 1 amide bonds. The molecule has 2 aromatic heterocycles. The van der Waals surface area contributed by atoms with Crippen LogP contribution in [0, 0.1) is 20.8 Å². The average molecular weight is 448 g/mol. The SMILES string of the molecule is CCCN1C(=O)CCc2c(C)nc(C3CCN(S(=O)(=O)c4c(C)noc4C)CC3)nc21. The van der Waals surface area contributed by atoms with Crippen molar-refractivity contribution in [1.82, 2.24) is 19.4 Å². The van der Waals surface area contributed by atoms with Gasteiger partial charge in [0, 0.05) is 43.2 Å². The van der Waals surface area contributed by atoms with Crippen molar-refractivity contribution in [2.45, 2.75) is 70.6 Å².